The standard InChI is InChI=1S/C13H21N2O9PS2/c1-20-6-8-10(24-25(18,19)21-2)11(22-7-27-26-3)12(23-8)15-5-4-9(16)14-13(15)17/h4-5,8,10-12H,6-7H2,1-3H3,(H,18,19)(H,14,16,17)/t8-,10?,11?,12-/m1/s1. The Labute approximate surface area is 162 Å². The van der Waals surface area contributed by atoms with Gasteiger partial charge in [-0.15, -0.1) is 0 Å². The van der Waals surface area contributed by atoms with Gasteiger partial charge in [0.2, 0.25) is 0 Å². The summed E-state index contributed by atoms with van der Waals surface area (Å²) in [5, 5.41) is 0. The number of phosphoric acid groups is 1. The maximum Gasteiger partial charge on any atom is 0.472 e. The Morgan fingerprint density at radius 3 is 2.70 bits per heavy atom. The summed E-state index contributed by atoms with van der Waals surface area (Å²) >= 11 is 0. The van der Waals surface area contributed by atoms with E-state index in [-0.39, 0.29) is 12.5 Å². The summed E-state index contributed by atoms with van der Waals surface area (Å²) in [6.07, 6.45) is -0.726. The van der Waals surface area contributed by atoms with E-state index in [1.165, 1.54) is 34.9 Å². The van der Waals surface area contributed by atoms with Crippen LogP contribution in [0.5, 0.6) is 0 Å². The van der Waals surface area contributed by atoms with Crippen LogP contribution in [0.3, 0.4) is 0 Å². The number of nitrogens with one attached hydrogen (secondary N) is 1. The van der Waals surface area contributed by atoms with E-state index in [0.717, 1.165) is 17.7 Å². The van der Waals surface area contributed by atoms with Gasteiger partial charge in [0.1, 0.15) is 24.3 Å². The molecule has 1 aliphatic heterocycles. The van der Waals surface area contributed by atoms with Gasteiger partial charge in [0.25, 0.3) is 5.56 Å². The van der Waals surface area contributed by atoms with Gasteiger partial charge in [-0.1, -0.05) is 21.6 Å². The minimum absolute atomic E-state index is 0.0124. The van der Waals surface area contributed by atoms with E-state index in [0.29, 0.717) is 0 Å². The van der Waals surface area contributed by atoms with Crippen LogP contribution in [0.25, 0.3) is 0 Å². The van der Waals surface area contributed by atoms with E-state index >= 15 is 0 Å². The number of hydrogen-bond acceptors (Lipinski definition) is 10. The highest BCUT2D eigenvalue weighted by Gasteiger charge is 2.50. The summed E-state index contributed by atoms with van der Waals surface area (Å²) in [5.74, 6) is 0.200. The van der Waals surface area contributed by atoms with Crippen molar-refractivity contribution in [2.24, 2.45) is 0 Å². The predicted octanol–water partition coefficient (Wildman–Crippen LogP) is 0.566. The van der Waals surface area contributed by atoms with E-state index in [2.05, 4.69) is 9.51 Å². The number of rotatable bonds is 10. The monoisotopic (exact) mass is 444 g/mol. The number of phosphoric ester groups is 1. The molecule has 2 N–H and O–H groups in total. The van der Waals surface area contributed by atoms with Crippen LogP contribution in [0.15, 0.2) is 21.9 Å². The van der Waals surface area contributed by atoms with Crippen LogP contribution in [-0.2, 0) is 27.8 Å². The quantitative estimate of drug-likeness (QED) is 0.227. The number of nitrogens with zero attached hydrogens (tertiary/aromatic N) is 1. The molecule has 1 saturated heterocycles. The molecular weight excluding hydrogens is 423 g/mol. The summed E-state index contributed by atoms with van der Waals surface area (Å²) in [7, 11) is 0.928. The lowest BCUT2D eigenvalue weighted by Gasteiger charge is -2.25. The number of hydrogen-bond donors (Lipinski definition) is 2. The molecule has 154 valence electrons. The summed E-state index contributed by atoms with van der Waals surface area (Å²) in [6, 6.07) is 1.16. The maximum atomic E-state index is 12.2. The van der Waals surface area contributed by atoms with Gasteiger partial charge in [0.15, 0.2) is 6.23 Å². The van der Waals surface area contributed by atoms with Crippen LogP contribution in [0.1, 0.15) is 6.23 Å². The molecule has 0 saturated carbocycles. The van der Waals surface area contributed by atoms with Gasteiger partial charge >= 0.3 is 13.5 Å². The van der Waals surface area contributed by atoms with Crippen molar-refractivity contribution >= 4 is 29.4 Å². The van der Waals surface area contributed by atoms with E-state index in [9.17, 15) is 19.0 Å². The largest absolute Gasteiger partial charge is 0.472 e. The second-order valence-electron chi connectivity index (χ2n) is 5.29. The van der Waals surface area contributed by atoms with E-state index in [4.69, 9.17) is 18.7 Å². The normalized spacial score (nSPS) is 27.6. The van der Waals surface area contributed by atoms with Gasteiger partial charge in [-0.3, -0.25) is 23.4 Å². The highest BCUT2D eigenvalue weighted by atomic mass is 33.1. The Kier molecular flexibility index (Phi) is 8.59. The third-order valence-corrected chi connectivity index (χ3v) is 6.09. The van der Waals surface area contributed by atoms with Crippen LogP contribution in [-0.4, -0.2) is 65.8 Å². The fourth-order valence-corrected chi connectivity index (χ4v) is 3.93. The Hall–Kier alpha value is -0.630. The zero-order chi connectivity index (χ0) is 20.0. The van der Waals surface area contributed by atoms with Crippen molar-refractivity contribution in [1.29, 1.82) is 0 Å². The van der Waals surface area contributed by atoms with Crippen LogP contribution in [0.2, 0.25) is 0 Å². The van der Waals surface area contributed by atoms with Crippen molar-refractivity contribution in [3.63, 3.8) is 0 Å². The second kappa shape index (κ2) is 10.2. The van der Waals surface area contributed by atoms with E-state index in [1.807, 2.05) is 6.26 Å². The SMILES string of the molecule is COC[C@H]1O[C@@H](n2ccc(=O)[nH]c2=O)C(OCSSC)C1OP(=O)(O)OC. The molecule has 2 heterocycles. The highest BCUT2D eigenvalue weighted by molar-refractivity contribution is 8.76. The lowest BCUT2D eigenvalue weighted by atomic mass is 10.1. The van der Waals surface area contributed by atoms with E-state index < -0.39 is 43.6 Å². The summed E-state index contributed by atoms with van der Waals surface area (Å²) in [6.45, 7) is 0.0124. The number of aromatic amines is 1. The first kappa shape index (κ1) is 22.7. The second-order valence-corrected chi connectivity index (χ2v) is 9.32. The van der Waals surface area contributed by atoms with Gasteiger partial charge in [0, 0.05) is 26.5 Å². The molecule has 0 aliphatic carbocycles. The molecule has 0 spiro atoms. The lowest BCUT2D eigenvalue weighted by Crippen LogP contribution is -2.40. The third kappa shape index (κ3) is 5.92. The Morgan fingerprint density at radius 2 is 2.11 bits per heavy atom. The van der Waals surface area contributed by atoms with Gasteiger partial charge in [-0.05, 0) is 6.26 Å². The molecule has 0 bridgehead atoms. The third-order valence-electron chi connectivity index (χ3n) is 3.65. The van der Waals surface area contributed by atoms with Crippen molar-refractivity contribution in [3.05, 3.63) is 33.1 Å². The molecular formula is C13H21N2O9PS2. The molecule has 0 amide bonds. The Morgan fingerprint density at radius 1 is 1.37 bits per heavy atom. The smallest absolute Gasteiger partial charge is 0.382 e. The Bertz CT molecular complexity index is 773. The first-order chi connectivity index (χ1) is 12.8. The number of aromatic nitrogens is 2. The maximum absolute atomic E-state index is 12.2. The Balaban J connectivity index is 2.39. The van der Waals surface area contributed by atoms with E-state index in [1.54, 1.807) is 0 Å². The summed E-state index contributed by atoms with van der Waals surface area (Å²) in [4.78, 5) is 35.4. The van der Waals surface area contributed by atoms with Crippen molar-refractivity contribution in [1.82, 2.24) is 9.55 Å². The fraction of sp³-hybridized carbons (Fsp3) is 0.692. The number of methoxy groups -OCH3 is 1. The minimum Gasteiger partial charge on any atom is -0.382 e. The van der Waals surface area contributed by atoms with Crippen LogP contribution in [0.4, 0.5) is 0 Å². The van der Waals surface area contributed by atoms with Crippen molar-refractivity contribution in [3.8, 4) is 0 Å². The summed E-state index contributed by atoms with van der Waals surface area (Å²) in [5.41, 5.74) is -1.28. The molecule has 11 nitrogen and oxygen atoms in total. The average Bonchev–Trinajstić information content (AvgIpc) is 2.93. The minimum atomic E-state index is -4.37. The molecule has 0 radical (unpaired) electrons. The molecule has 27 heavy (non-hydrogen) atoms. The lowest BCUT2D eigenvalue weighted by molar-refractivity contribution is -0.0687. The highest BCUT2D eigenvalue weighted by Crippen LogP contribution is 2.48. The average molecular weight is 444 g/mol. The van der Waals surface area contributed by atoms with Gasteiger partial charge in [0.05, 0.1) is 6.61 Å². The zero-order valence-corrected chi connectivity index (χ0v) is 17.3. The van der Waals surface area contributed by atoms with Crippen molar-refractivity contribution in [2.75, 3.05) is 33.0 Å². The van der Waals surface area contributed by atoms with Gasteiger partial charge in [-0.2, -0.15) is 0 Å². The van der Waals surface area contributed by atoms with Crippen LogP contribution < -0.4 is 11.2 Å². The molecule has 1 aliphatic rings. The first-order valence-corrected chi connectivity index (χ1v) is 11.8. The van der Waals surface area contributed by atoms with Crippen LogP contribution >= 0.6 is 29.4 Å². The molecule has 1 fully saturated rings. The molecule has 0 aromatic carbocycles. The van der Waals surface area contributed by atoms with Crippen LogP contribution in [0, 0.1) is 0 Å². The molecule has 14 heteroatoms. The van der Waals surface area contributed by atoms with Gasteiger partial charge in [-0.25, -0.2) is 9.36 Å². The predicted molar refractivity (Wildman–Crippen MR) is 99.7 cm³/mol. The molecule has 1 aromatic rings. The molecule has 5 atom stereocenters. The van der Waals surface area contributed by atoms with Crippen molar-refractivity contribution in [2.45, 2.75) is 24.5 Å². The molecule has 3 unspecified atom stereocenters. The molecule has 2 rings (SSSR count). The zero-order valence-electron chi connectivity index (χ0n) is 14.8. The van der Waals surface area contributed by atoms with Crippen molar-refractivity contribution < 1.29 is 32.7 Å². The topological polar surface area (TPSA) is 138 Å². The summed E-state index contributed by atoms with van der Waals surface area (Å²) < 4.78 is 39.5. The fourth-order valence-electron chi connectivity index (χ4n) is 2.51. The first-order valence-electron chi connectivity index (χ1n) is 7.63. The number of H-pyrrole nitrogens is 1. The van der Waals surface area contributed by atoms with Gasteiger partial charge < -0.3 is 19.1 Å². The number of ether oxygens (including phenoxy) is 3. The molecule has 1 aromatic heterocycles.